The quantitative estimate of drug-likeness (QED) is 0.0391. The Labute approximate surface area is 271 Å². The summed E-state index contributed by atoms with van der Waals surface area (Å²) in [5.41, 5.74) is 5.34. The molecule has 0 saturated heterocycles. The summed E-state index contributed by atoms with van der Waals surface area (Å²) in [6.45, 7) is 4.93. The molecular formula is C35H72NO7P. The molecule has 8 nitrogen and oxygen atoms in total. The normalized spacial score (nSPS) is 13.6. The van der Waals surface area contributed by atoms with E-state index >= 15 is 0 Å². The first-order chi connectivity index (χ1) is 21.4. The molecule has 0 amide bonds. The number of ether oxygens (including phenoxy) is 2. The predicted octanol–water partition coefficient (Wildman–Crippen LogP) is 10.2. The van der Waals surface area contributed by atoms with Gasteiger partial charge in [0.1, 0.15) is 6.10 Å². The molecule has 0 aliphatic rings. The van der Waals surface area contributed by atoms with Gasteiger partial charge in [0, 0.05) is 19.6 Å². The van der Waals surface area contributed by atoms with Gasteiger partial charge in [-0.25, -0.2) is 4.57 Å². The highest BCUT2D eigenvalue weighted by molar-refractivity contribution is 7.47. The molecule has 0 aromatic rings. The number of carbonyl (C=O) groups excluding carboxylic acids is 1. The van der Waals surface area contributed by atoms with Crippen molar-refractivity contribution >= 4 is 13.8 Å². The number of phosphoric acid groups is 1. The molecule has 2 atom stereocenters. The molecule has 0 bridgehead atoms. The molecule has 3 N–H and O–H groups in total. The zero-order valence-electron chi connectivity index (χ0n) is 28.9. The van der Waals surface area contributed by atoms with Gasteiger partial charge < -0.3 is 20.1 Å². The molecule has 0 aromatic carbocycles. The fraction of sp³-hybridized carbons (Fsp3) is 0.971. The first-order valence-corrected chi connectivity index (χ1v) is 20.0. The molecule has 0 radical (unpaired) electrons. The molecule has 0 rings (SSSR count). The first kappa shape index (κ1) is 43.5. The highest BCUT2D eigenvalue weighted by Gasteiger charge is 2.25. The van der Waals surface area contributed by atoms with Crippen molar-refractivity contribution in [3.63, 3.8) is 0 Å². The predicted molar refractivity (Wildman–Crippen MR) is 183 cm³/mol. The minimum Gasteiger partial charge on any atom is -0.457 e. The van der Waals surface area contributed by atoms with Gasteiger partial charge >= 0.3 is 13.8 Å². The molecule has 0 spiro atoms. The van der Waals surface area contributed by atoms with Crippen LogP contribution in [0, 0.1) is 0 Å². The van der Waals surface area contributed by atoms with Gasteiger partial charge in [0.25, 0.3) is 0 Å². The van der Waals surface area contributed by atoms with Gasteiger partial charge in [-0.2, -0.15) is 0 Å². The number of phosphoric ester groups is 1. The van der Waals surface area contributed by atoms with Crippen molar-refractivity contribution in [1.82, 2.24) is 0 Å². The number of unbranched alkanes of at least 4 members (excludes halogenated alkanes) is 23. The lowest BCUT2D eigenvalue weighted by molar-refractivity contribution is -0.154. The standard InChI is InChI=1S/C35H72NO7P/c1-3-5-7-9-11-13-14-15-16-17-18-19-21-23-25-27-30-40-32-34(33-42-44(38,39)41-31-29-36)43-35(37)28-26-24-22-20-12-10-8-6-4-2/h34H,3-33,36H2,1-2H3,(H,38,39). The lowest BCUT2D eigenvalue weighted by Gasteiger charge is -2.20. The summed E-state index contributed by atoms with van der Waals surface area (Å²) in [6.07, 6.45) is 31.2. The zero-order chi connectivity index (χ0) is 32.4. The summed E-state index contributed by atoms with van der Waals surface area (Å²) in [4.78, 5) is 22.3. The fourth-order valence-corrected chi connectivity index (χ4v) is 6.06. The van der Waals surface area contributed by atoms with E-state index in [-0.39, 0.29) is 32.3 Å². The smallest absolute Gasteiger partial charge is 0.457 e. The molecule has 2 unspecified atom stereocenters. The van der Waals surface area contributed by atoms with E-state index < -0.39 is 13.9 Å². The van der Waals surface area contributed by atoms with Crippen LogP contribution < -0.4 is 5.73 Å². The van der Waals surface area contributed by atoms with Crippen LogP contribution in [0.5, 0.6) is 0 Å². The third-order valence-corrected chi connectivity index (χ3v) is 9.01. The minimum absolute atomic E-state index is 0.0907. The number of rotatable bonds is 36. The van der Waals surface area contributed by atoms with Crippen LogP contribution in [0.1, 0.15) is 181 Å². The maximum atomic E-state index is 12.4. The molecule has 44 heavy (non-hydrogen) atoms. The van der Waals surface area contributed by atoms with Gasteiger partial charge in [-0.3, -0.25) is 13.8 Å². The van der Waals surface area contributed by atoms with Crippen LogP contribution in [0.3, 0.4) is 0 Å². The molecule has 0 fully saturated rings. The molecular weight excluding hydrogens is 577 g/mol. The van der Waals surface area contributed by atoms with Crippen molar-refractivity contribution in [3.05, 3.63) is 0 Å². The van der Waals surface area contributed by atoms with Gasteiger partial charge in [-0.1, -0.05) is 162 Å². The molecule has 0 heterocycles. The SMILES string of the molecule is CCCCCCCCCCCCCCCCCCOCC(COP(=O)(O)OCCN)OC(=O)CCCCCCCCCCC. The minimum atomic E-state index is -4.26. The van der Waals surface area contributed by atoms with Crippen LogP contribution in [-0.2, 0) is 27.9 Å². The van der Waals surface area contributed by atoms with Gasteiger partial charge in [-0.15, -0.1) is 0 Å². The van der Waals surface area contributed by atoms with Crippen LogP contribution in [0.15, 0.2) is 0 Å². The Morgan fingerprint density at radius 2 is 1.00 bits per heavy atom. The van der Waals surface area contributed by atoms with E-state index in [1.165, 1.54) is 128 Å². The van der Waals surface area contributed by atoms with E-state index in [2.05, 4.69) is 13.8 Å². The van der Waals surface area contributed by atoms with Gasteiger partial charge in [0.2, 0.25) is 0 Å². The van der Waals surface area contributed by atoms with Crippen molar-refractivity contribution in [1.29, 1.82) is 0 Å². The second-order valence-electron chi connectivity index (χ2n) is 12.5. The summed E-state index contributed by atoms with van der Waals surface area (Å²) in [5, 5.41) is 0. The monoisotopic (exact) mass is 650 g/mol. The third kappa shape index (κ3) is 32.9. The zero-order valence-corrected chi connectivity index (χ0v) is 29.8. The highest BCUT2D eigenvalue weighted by atomic mass is 31.2. The Kier molecular flexibility index (Phi) is 33.5. The number of carbonyl (C=O) groups is 1. The van der Waals surface area contributed by atoms with Crippen molar-refractivity contribution in [3.8, 4) is 0 Å². The molecule has 0 aliphatic carbocycles. The van der Waals surface area contributed by atoms with E-state index in [1.807, 2.05) is 0 Å². The number of hydrogen-bond donors (Lipinski definition) is 2. The average molecular weight is 650 g/mol. The van der Waals surface area contributed by atoms with Crippen LogP contribution >= 0.6 is 7.82 Å². The van der Waals surface area contributed by atoms with Crippen LogP contribution in [0.4, 0.5) is 0 Å². The van der Waals surface area contributed by atoms with Crippen molar-refractivity contribution in [2.45, 2.75) is 187 Å². The van der Waals surface area contributed by atoms with Crippen molar-refractivity contribution in [2.75, 3.05) is 33.0 Å². The maximum Gasteiger partial charge on any atom is 0.472 e. The van der Waals surface area contributed by atoms with Crippen molar-refractivity contribution in [2.24, 2.45) is 5.73 Å². The summed E-state index contributed by atoms with van der Waals surface area (Å²) in [6, 6.07) is 0. The van der Waals surface area contributed by atoms with E-state index in [1.54, 1.807) is 0 Å². The second-order valence-corrected chi connectivity index (χ2v) is 13.9. The van der Waals surface area contributed by atoms with Crippen LogP contribution in [0.25, 0.3) is 0 Å². The maximum absolute atomic E-state index is 12.4. The van der Waals surface area contributed by atoms with E-state index in [4.69, 9.17) is 24.3 Å². The Hall–Kier alpha value is -0.500. The Bertz CT molecular complexity index is 653. The second kappa shape index (κ2) is 33.9. The summed E-state index contributed by atoms with van der Waals surface area (Å²) >= 11 is 0. The van der Waals surface area contributed by atoms with Gasteiger partial charge in [0.05, 0.1) is 19.8 Å². The fourth-order valence-electron chi connectivity index (χ4n) is 5.29. The molecule has 264 valence electrons. The van der Waals surface area contributed by atoms with Crippen LogP contribution in [-0.4, -0.2) is 49.9 Å². The molecule has 0 saturated carbocycles. The summed E-state index contributed by atoms with van der Waals surface area (Å²) in [5.74, 6) is -0.330. The Balaban J connectivity index is 4.00. The number of hydrogen-bond acceptors (Lipinski definition) is 7. The summed E-state index contributed by atoms with van der Waals surface area (Å²) in [7, 11) is -4.26. The Morgan fingerprint density at radius 1 is 0.591 bits per heavy atom. The number of esters is 1. The Morgan fingerprint density at radius 3 is 1.43 bits per heavy atom. The van der Waals surface area contributed by atoms with E-state index in [0.717, 1.165) is 32.1 Å². The molecule has 0 aromatic heterocycles. The number of nitrogens with two attached hydrogens (primary N) is 1. The molecule has 9 heteroatoms. The lowest BCUT2D eigenvalue weighted by Crippen LogP contribution is -2.28. The summed E-state index contributed by atoms with van der Waals surface area (Å²) < 4.78 is 33.2. The van der Waals surface area contributed by atoms with Crippen molar-refractivity contribution < 1.29 is 32.8 Å². The van der Waals surface area contributed by atoms with E-state index in [0.29, 0.717) is 13.0 Å². The largest absolute Gasteiger partial charge is 0.472 e. The average Bonchev–Trinajstić information content (AvgIpc) is 3.01. The molecule has 0 aliphatic heterocycles. The topological polar surface area (TPSA) is 117 Å². The van der Waals surface area contributed by atoms with Gasteiger partial charge in [0.15, 0.2) is 0 Å². The third-order valence-electron chi connectivity index (χ3n) is 8.02. The lowest BCUT2D eigenvalue weighted by atomic mass is 10.0. The first-order valence-electron chi connectivity index (χ1n) is 18.5. The van der Waals surface area contributed by atoms with E-state index in [9.17, 15) is 14.3 Å². The van der Waals surface area contributed by atoms with Gasteiger partial charge in [-0.05, 0) is 12.8 Å². The van der Waals surface area contributed by atoms with Crippen LogP contribution in [0.2, 0.25) is 0 Å². The highest BCUT2D eigenvalue weighted by Crippen LogP contribution is 2.43.